The average molecular weight is 286 g/mol. The van der Waals surface area contributed by atoms with Crippen molar-refractivity contribution in [3.63, 3.8) is 0 Å². The number of halogens is 1. The average Bonchev–Trinajstić information content (AvgIpc) is 2.64. The number of ether oxygens (including phenoxy) is 1. The van der Waals surface area contributed by atoms with Gasteiger partial charge in [0.05, 0.1) is 12.7 Å². The van der Waals surface area contributed by atoms with E-state index in [-0.39, 0.29) is 6.10 Å². The van der Waals surface area contributed by atoms with E-state index < -0.39 is 0 Å². The van der Waals surface area contributed by atoms with E-state index in [9.17, 15) is 5.11 Å². The van der Waals surface area contributed by atoms with Crippen LogP contribution < -0.4 is 10.1 Å². The lowest BCUT2D eigenvalue weighted by Crippen LogP contribution is -2.24. The number of hydrogen-bond acceptors (Lipinski definition) is 3. The summed E-state index contributed by atoms with van der Waals surface area (Å²) in [5, 5.41) is 12.4. The van der Waals surface area contributed by atoms with Gasteiger partial charge < -0.3 is 15.2 Å². The molecule has 0 saturated heterocycles. The van der Waals surface area contributed by atoms with Gasteiger partial charge in [0.2, 0.25) is 0 Å². The Morgan fingerprint density at radius 1 is 1.56 bits per heavy atom. The van der Waals surface area contributed by atoms with Crippen LogP contribution in [0.2, 0.25) is 0 Å². The van der Waals surface area contributed by atoms with Crippen molar-refractivity contribution in [1.82, 2.24) is 5.32 Å². The van der Waals surface area contributed by atoms with E-state index in [0.29, 0.717) is 6.54 Å². The normalized spacial score (nSPS) is 15.7. The Bertz CT molecular complexity index is 380. The fraction of sp³-hybridized carbons (Fsp3) is 0.500. The van der Waals surface area contributed by atoms with E-state index in [1.807, 2.05) is 0 Å². The summed E-state index contributed by atoms with van der Waals surface area (Å²) >= 11 is 3.50. The molecule has 0 saturated carbocycles. The van der Waals surface area contributed by atoms with Crippen molar-refractivity contribution in [2.45, 2.75) is 26.0 Å². The summed E-state index contributed by atoms with van der Waals surface area (Å²) in [5.74, 6) is 1.02. The van der Waals surface area contributed by atoms with Crippen molar-refractivity contribution >= 4 is 15.9 Å². The SMILES string of the molecule is C[C@H](O)CNCc1cc(Br)cc2c1OCC2. The fourth-order valence-electron chi connectivity index (χ4n) is 1.89. The van der Waals surface area contributed by atoms with Crippen LogP contribution in [0.25, 0.3) is 0 Å². The van der Waals surface area contributed by atoms with Crippen LogP contribution in [0.5, 0.6) is 5.75 Å². The maximum atomic E-state index is 9.18. The molecule has 3 nitrogen and oxygen atoms in total. The van der Waals surface area contributed by atoms with Crippen LogP contribution in [-0.2, 0) is 13.0 Å². The van der Waals surface area contributed by atoms with E-state index in [2.05, 4.69) is 33.4 Å². The van der Waals surface area contributed by atoms with Gasteiger partial charge >= 0.3 is 0 Å². The molecule has 88 valence electrons. The predicted octanol–water partition coefficient (Wildman–Crippen LogP) is 1.85. The Morgan fingerprint density at radius 2 is 2.38 bits per heavy atom. The molecule has 0 amide bonds. The fourth-order valence-corrected chi connectivity index (χ4v) is 2.45. The largest absolute Gasteiger partial charge is 0.493 e. The highest BCUT2D eigenvalue weighted by Crippen LogP contribution is 2.32. The predicted molar refractivity (Wildman–Crippen MR) is 66.7 cm³/mol. The zero-order valence-electron chi connectivity index (χ0n) is 9.29. The van der Waals surface area contributed by atoms with Crippen LogP contribution in [0.1, 0.15) is 18.1 Å². The van der Waals surface area contributed by atoms with Crippen LogP contribution in [0, 0.1) is 0 Å². The van der Waals surface area contributed by atoms with E-state index in [1.165, 1.54) is 5.56 Å². The third kappa shape index (κ3) is 2.75. The lowest BCUT2D eigenvalue weighted by Gasteiger charge is -2.11. The maximum Gasteiger partial charge on any atom is 0.127 e. The Kier molecular flexibility index (Phi) is 3.84. The van der Waals surface area contributed by atoms with Crippen LogP contribution in [-0.4, -0.2) is 24.4 Å². The summed E-state index contributed by atoms with van der Waals surface area (Å²) in [5.41, 5.74) is 2.42. The van der Waals surface area contributed by atoms with Gasteiger partial charge in [-0.05, 0) is 24.6 Å². The smallest absolute Gasteiger partial charge is 0.127 e. The lowest BCUT2D eigenvalue weighted by molar-refractivity contribution is 0.191. The number of benzene rings is 1. The number of aliphatic hydroxyl groups excluding tert-OH is 1. The first-order valence-electron chi connectivity index (χ1n) is 5.49. The number of hydrogen-bond donors (Lipinski definition) is 2. The molecule has 1 aliphatic rings. The van der Waals surface area contributed by atoms with E-state index in [4.69, 9.17) is 4.74 Å². The first kappa shape index (κ1) is 11.9. The van der Waals surface area contributed by atoms with Gasteiger partial charge in [0.25, 0.3) is 0 Å². The van der Waals surface area contributed by atoms with Gasteiger partial charge in [-0.25, -0.2) is 0 Å². The highest BCUT2D eigenvalue weighted by Gasteiger charge is 2.17. The highest BCUT2D eigenvalue weighted by molar-refractivity contribution is 9.10. The van der Waals surface area contributed by atoms with Gasteiger partial charge in [0, 0.05) is 29.5 Å². The third-order valence-electron chi connectivity index (χ3n) is 2.58. The second kappa shape index (κ2) is 5.17. The van der Waals surface area contributed by atoms with E-state index in [0.717, 1.165) is 35.4 Å². The molecule has 1 aromatic carbocycles. The minimum absolute atomic E-state index is 0.318. The monoisotopic (exact) mass is 285 g/mol. The molecule has 0 unspecified atom stereocenters. The molecule has 1 heterocycles. The van der Waals surface area contributed by atoms with E-state index >= 15 is 0 Å². The number of rotatable bonds is 4. The number of fused-ring (bicyclic) bond motifs is 1. The van der Waals surface area contributed by atoms with Crippen molar-refractivity contribution in [3.8, 4) is 5.75 Å². The molecule has 0 aliphatic carbocycles. The number of aliphatic hydroxyl groups is 1. The molecule has 1 aliphatic heterocycles. The zero-order valence-corrected chi connectivity index (χ0v) is 10.9. The van der Waals surface area contributed by atoms with Gasteiger partial charge in [0.1, 0.15) is 5.75 Å². The van der Waals surface area contributed by atoms with Gasteiger partial charge in [0.15, 0.2) is 0 Å². The molecular weight excluding hydrogens is 270 g/mol. The summed E-state index contributed by atoms with van der Waals surface area (Å²) < 4.78 is 6.71. The Morgan fingerprint density at radius 3 is 3.12 bits per heavy atom. The molecule has 4 heteroatoms. The van der Waals surface area contributed by atoms with Crippen LogP contribution in [0.4, 0.5) is 0 Å². The molecule has 2 rings (SSSR count). The molecule has 0 aromatic heterocycles. The van der Waals surface area contributed by atoms with Gasteiger partial charge in [-0.15, -0.1) is 0 Å². The first-order chi connectivity index (χ1) is 7.66. The summed E-state index contributed by atoms with van der Waals surface area (Å²) in [7, 11) is 0. The summed E-state index contributed by atoms with van der Waals surface area (Å²) in [6.45, 7) is 3.87. The minimum Gasteiger partial charge on any atom is -0.493 e. The topological polar surface area (TPSA) is 41.5 Å². The molecular formula is C12H16BrNO2. The summed E-state index contributed by atoms with van der Waals surface area (Å²) in [6, 6.07) is 4.18. The molecule has 1 atom stereocenters. The van der Waals surface area contributed by atoms with Crippen molar-refractivity contribution in [2.24, 2.45) is 0 Å². The molecule has 1 aromatic rings. The number of nitrogens with one attached hydrogen (secondary N) is 1. The molecule has 0 spiro atoms. The second-order valence-electron chi connectivity index (χ2n) is 4.13. The van der Waals surface area contributed by atoms with Crippen molar-refractivity contribution in [3.05, 3.63) is 27.7 Å². The van der Waals surface area contributed by atoms with Gasteiger partial charge in [-0.3, -0.25) is 0 Å². The Balaban J connectivity index is 2.08. The van der Waals surface area contributed by atoms with Crippen molar-refractivity contribution in [2.75, 3.05) is 13.2 Å². The quantitative estimate of drug-likeness (QED) is 0.887. The highest BCUT2D eigenvalue weighted by atomic mass is 79.9. The van der Waals surface area contributed by atoms with E-state index in [1.54, 1.807) is 6.92 Å². The summed E-state index contributed by atoms with van der Waals surface area (Å²) in [6.07, 6.45) is 0.666. The maximum absolute atomic E-state index is 9.18. The van der Waals surface area contributed by atoms with Gasteiger partial charge in [-0.2, -0.15) is 0 Å². The standard InChI is InChI=1S/C12H16BrNO2/c1-8(15)6-14-7-10-5-11(13)4-9-2-3-16-12(9)10/h4-5,8,14-15H,2-3,6-7H2,1H3/t8-/m0/s1. The van der Waals surface area contributed by atoms with Crippen LogP contribution >= 0.6 is 15.9 Å². The Hall–Kier alpha value is -0.580. The van der Waals surface area contributed by atoms with Crippen LogP contribution in [0.3, 0.4) is 0 Å². The minimum atomic E-state index is -0.318. The summed E-state index contributed by atoms with van der Waals surface area (Å²) in [4.78, 5) is 0. The Labute approximate surface area is 104 Å². The first-order valence-corrected chi connectivity index (χ1v) is 6.29. The third-order valence-corrected chi connectivity index (χ3v) is 3.04. The second-order valence-corrected chi connectivity index (χ2v) is 5.05. The molecule has 16 heavy (non-hydrogen) atoms. The van der Waals surface area contributed by atoms with Crippen LogP contribution in [0.15, 0.2) is 16.6 Å². The molecule has 0 fully saturated rings. The lowest BCUT2D eigenvalue weighted by atomic mass is 10.1. The molecule has 0 radical (unpaired) electrons. The molecule has 0 bridgehead atoms. The molecule has 2 N–H and O–H groups in total. The van der Waals surface area contributed by atoms with Gasteiger partial charge in [-0.1, -0.05) is 15.9 Å². The zero-order chi connectivity index (χ0) is 11.5. The van der Waals surface area contributed by atoms with Crippen molar-refractivity contribution in [1.29, 1.82) is 0 Å². The van der Waals surface area contributed by atoms with Crippen molar-refractivity contribution < 1.29 is 9.84 Å².